The van der Waals surface area contributed by atoms with E-state index in [2.05, 4.69) is 31.4 Å². The quantitative estimate of drug-likeness (QED) is 0.744. The minimum atomic E-state index is -1.46. The maximum absolute atomic E-state index is 12.5. The van der Waals surface area contributed by atoms with Crippen molar-refractivity contribution >= 4 is 32.6 Å². The summed E-state index contributed by atoms with van der Waals surface area (Å²) in [6, 6.07) is 13.0. The van der Waals surface area contributed by atoms with Crippen LogP contribution in [0.1, 0.15) is 37.6 Å². The van der Waals surface area contributed by atoms with Crippen LogP contribution < -0.4 is 0 Å². The molecule has 0 spiro atoms. The van der Waals surface area contributed by atoms with Crippen LogP contribution in [0, 0.1) is 11.3 Å². The zero-order valence-corrected chi connectivity index (χ0v) is 15.5. The first-order valence-electron chi connectivity index (χ1n) is 6.95. The van der Waals surface area contributed by atoms with Crippen LogP contribution in [0.3, 0.4) is 0 Å². The fourth-order valence-corrected chi connectivity index (χ4v) is 2.80. The first kappa shape index (κ1) is 17.5. The molecule has 0 aliphatic heterocycles. The van der Waals surface area contributed by atoms with Crippen molar-refractivity contribution in [2.75, 3.05) is 0 Å². The van der Waals surface area contributed by atoms with Crippen LogP contribution in [0.15, 0.2) is 51.5 Å². The Labute approximate surface area is 147 Å². The number of hydrogen-bond acceptors (Lipinski definition) is 3. The van der Waals surface area contributed by atoms with Gasteiger partial charge in [0.1, 0.15) is 28.5 Å². The van der Waals surface area contributed by atoms with Crippen LogP contribution >= 0.6 is 15.9 Å². The van der Waals surface area contributed by atoms with Crippen molar-refractivity contribution in [1.29, 1.82) is 5.26 Å². The van der Waals surface area contributed by atoms with E-state index < -0.39 is 15.7 Å². The monoisotopic (exact) mass is 389 g/mol. The second-order valence-corrected chi connectivity index (χ2v) is 8.64. The van der Waals surface area contributed by atoms with Gasteiger partial charge in [0.25, 0.3) is 0 Å². The number of rotatable bonds is 3. The highest BCUT2D eigenvalue weighted by molar-refractivity contribution is 9.10. The number of pyridine rings is 1. The molecule has 0 saturated carbocycles. The van der Waals surface area contributed by atoms with Gasteiger partial charge in [-0.05, 0) is 45.0 Å². The second kappa shape index (κ2) is 7.16. The van der Waals surface area contributed by atoms with Crippen LogP contribution in [-0.4, -0.2) is 19.7 Å². The van der Waals surface area contributed by atoms with Gasteiger partial charge in [0, 0.05) is 16.2 Å². The van der Waals surface area contributed by atoms with Crippen LogP contribution in [0.4, 0.5) is 0 Å². The molecule has 0 amide bonds. The number of hydrogen-bond donors (Lipinski definition) is 0. The van der Waals surface area contributed by atoms with Crippen LogP contribution in [-0.2, 0) is 11.0 Å². The summed E-state index contributed by atoms with van der Waals surface area (Å²) in [5.74, 6) is 0. The average molecular weight is 390 g/mol. The lowest BCUT2D eigenvalue weighted by molar-refractivity contribution is 0.650. The van der Waals surface area contributed by atoms with Crippen LogP contribution in [0.5, 0.6) is 0 Å². The van der Waals surface area contributed by atoms with Crippen molar-refractivity contribution in [3.63, 3.8) is 0 Å². The molecule has 1 atom stereocenters. The minimum absolute atomic E-state index is 0.400. The second-order valence-electron chi connectivity index (χ2n) is 5.82. The van der Waals surface area contributed by atoms with E-state index in [9.17, 15) is 9.47 Å². The molecule has 6 heteroatoms. The molecule has 0 aliphatic carbocycles. The highest BCUT2D eigenvalue weighted by Crippen LogP contribution is 2.20. The molecule has 1 aromatic carbocycles. The summed E-state index contributed by atoms with van der Waals surface area (Å²) >= 11 is 3.43. The zero-order valence-electron chi connectivity index (χ0n) is 13.1. The van der Waals surface area contributed by atoms with E-state index in [4.69, 9.17) is 0 Å². The predicted octanol–water partition coefficient (Wildman–Crippen LogP) is 4.02. The fraction of sp³-hybridized carbons (Fsp3) is 0.235. The molecule has 4 nitrogen and oxygen atoms in total. The summed E-state index contributed by atoms with van der Waals surface area (Å²) in [7, 11) is -1.46. The lowest BCUT2D eigenvalue weighted by atomic mass is 10.0. The minimum Gasteiger partial charge on any atom is -0.253 e. The van der Waals surface area contributed by atoms with Crippen molar-refractivity contribution in [3.8, 4) is 6.07 Å². The lowest BCUT2D eigenvalue weighted by Crippen LogP contribution is -2.22. The summed E-state index contributed by atoms with van der Waals surface area (Å²) < 4.78 is 17.3. The van der Waals surface area contributed by atoms with Crippen molar-refractivity contribution in [2.45, 2.75) is 25.5 Å². The summed E-state index contributed by atoms with van der Waals surface area (Å²) in [4.78, 5) is 4.29. The van der Waals surface area contributed by atoms with E-state index in [0.717, 1.165) is 10.0 Å². The molecular formula is C17H16BrN3OS. The largest absolute Gasteiger partial charge is 0.253 e. The molecule has 2 aromatic rings. The van der Waals surface area contributed by atoms with Crippen molar-refractivity contribution < 1.29 is 4.21 Å². The van der Waals surface area contributed by atoms with Gasteiger partial charge in [0.15, 0.2) is 0 Å². The Morgan fingerprint density at radius 1 is 1.30 bits per heavy atom. The third-order valence-corrected chi connectivity index (χ3v) is 4.84. The van der Waals surface area contributed by atoms with Gasteiger partial charge in [0.2, 0.25) is 0 Å². The first-order valence-corrected chi connectivity index (χ1v) is 8.85. The topological polar surface area (TPSA) is 66.1 Å². The molecule has 23 heavy (non-hydrogen) atoms. The third-order valence-electron chi connectivity index (χ3n) is 2.95. The number of aromatic nitrogens is 1. The third kappa shape index (κ3) is 4.34. The average Bonchev–Trinajstić information content (AvgIpc) is 2.51. The Morgan fingerprint density at radius 3 is 2.65 bits per heavy atom. The Balaban J connectivity index is 2.69. The molecule has 1 aromatic heterocycles. The molecule has 2 rings (SSSR count). The van der Waals surface area contributed by atoms with Gasteiger partial charge in [-0.25, -0.2) is 4.21 Å². The van der Waals surface area contributed by atoms with Gasteiger partial charge in [-0.3, -0.25) is 4.98 Å². The van der Waals surface area contributed by atoms with Gasteiger partial charge < -0.3 is 0 Å². The van der Waals surface area contributed by atoms with Gasteiger partial charge >= 0.3 is 0 Å². The summed E-state index contributed by atoms with van der Waals surface area (Å²) in [6.45, 7) is 5.57. The molecule has 0 radical (unpaired) electrons. The van der Waals surface area contributed by atoms with Crippen LogP contribution in [0.2, 0.25) is 0 Å². The van der Waals surface area contributed by atoms with E-state index in [-0.39, 0.29) is 0 Å². The Kier molecular flexibility index (Phi) is 5.45. The van der Waals surface area contributed by atoms with Crippen LogP contribution in [0.25, 0.3) is 0 Å². The molecule has 0 N–H and O–H groups in total. The summed E-state index contributed by atoms with van der Waals surface area (Å²) in [5.41, 5.74) is 2.05. The maximum Gasteiger partial charge on any atom is 0.145 e. The molecule has 0 fully saturated rings. The maximum atomic E-state index is 12.5. The summed E-state index contributed by atoms with van der Waals surface area (Å²) in [6.07, 6.45) is 1.60. The zero-order chi connectivity index (χ0) is 17.0. The molecule has 0 bridgehead atoms. The Bertz CT molecular complexity index is 819. The molecule has 118 valence electrons. The SMILES string of the molecule is CC(C)(C)S(=O)/N=C(\c1cccc(Br)c1)c1ncccc1C#N. The lowest BCUT2D eigenvalue weighted by Gasteiger charge is -2.15. The Morgan fingerprint density at radius 2 is 2.04 bits per heavy atom. The number of benzene rings is 1. The predicted molar refractivity (Wildman–Crippen MR) is 96.6 cm³/mol. The number of nitrogens with zero attached hydrogens (tertiary/aromatic N) is 3. The van der Waals surface area contributed by atoms with E-state index in [0.29, 0.717) is 17.0 Å². The highest BCUT2D eigenvalue weighted by Gasteiger charge is 2.22. The van der Waals surface area contributed by atoms with Gasteiger partial charge in [-0.1, -0.05) is 28.1 Å². The van der Waals surface area contributed by atoms with Gasteiger partial charge in [-0.15, -0.1) is 0 Å². The van der Waals surface area contributed by atoms with Crippen molar-refractivity contribution in [1.82, 2.24) is 4.98 Å². The molecular weight excluding hydrogens is 374 g/mol. The number of nitriles is 1. The van der Waals surface area contributed by atoms with E-state index in [1.165, 1.54) is 0 Å². The fourth-order valence-electron chi connectivity index (χ4n) is 1.77. The van der Waals surface area contributed by atoms with Crippen molar-refractivity contribution in [2.24, 2.45) is 4.40 Å². The number of halogens is 1. The normalized spacial score (nSPS) is 13.4. The van der Waals surface area contributed by atoms with E-state index >= 15 is 0 Å². The molecule has 0 aliphatic rings. The standard InChI is InChI=1S/C17H16BrN3OS/c1-17(2,3)23(22)21-16(12-6-4-8-14(18)10-12)15-13(11-19)7-5-9-20-15/h4-10H,1-3H3/b21-16+. The Hall–Kier alpha value is -1.84. The van der Waals surface area contributed by atoms with E-state index in [1.807, 2.05) is 45.0 Å². The molecule has 1 heterocycles. The van der Waals surface area contributed by atoms with Gasteiger partial charge in [-0.2, -0.15) is 9.66 Å². The van der Waals surface area contributed by atoms with E-state index in [1.54, 1.807) is 18.3 Å². The van der Waals surface area contributed by atoms with Gasteiger partial charge in [0.05, 0.1) is 10.3 Å². The van der Waals surface area contributed by atoms with Crippen molar-refractivity contribution in [3.05, 3.63) is 63.9 Å². The highest BCUT2D eigenvalue weighted by atomic mass is 79.9. The first-order chi connectivity index (χ1) is 10.8. The smallest absolute Gasteiger partial charge is 0.145 e. The summed E-state index contributed by atoms with van der Waals surface area (Å²) in [5, 5.41) is 9.33. The molecule has 0 saturated heterocycles. The molecule has 1 unspecified atom stereocenters.